The number of nitrogens with one attached hydrogen (secondary N) is 1. The Balaban J connectivity index is 2.28. The topological polar surface area (TPSA) is 41.6 Å². The van der Waals surface area contributed by atoms with Crippen LogP contribution < -0.4 is 0 Å². The van der Waals surface area contributed by atoms with E-state index in [1.807, 2.05) is 19.2 Å². The Labute approximate surface area is 99.5 Å². The van der Waals surface area contributed by atoms with Crippen molar-refractivity contribution in [1.82, 2.24) is 15.0 Å². The molecule has 1 N–H and O–H groups in total. The van der Waals surface area contributed by atoms with E-state index in [0.29, 0.717) is 0 Å². The second-order valence-electron chi connectivity index (χ2n) is 4.19. The first-order chi connectivity index (χ1) is 8.25. The molecular weight excluding hydrogens is 210 g/mol. The molecule has 0 bridgehead atoms. The Morgan fingerprint density at radius 1 is 1.12 bits per heavy atom. The third kappa shape index (κ3) is 1.60. The van der Waals surface area contributed by atoms with E-state index in [4.69, 9.17) is 0 Å². The normalized spacial score (nSPS) is 10.9. The molecule has 0 aliphatic rings. The molecule has 0 saturated heterocycles. The number of hydrogen-bond donors (Lipinski definition) is 1. The summed E-state index contributed by atoms with van der Waals surface area (Å²) < 4.78 is 0. The average molecular weight is 223 g/mol. The summed E-state index contributed by atoms with van der Waals surface area (Å²) in [6.07, 6.45) is 3.81. The molecule has 0 atom stereocenters. The highest BCUT2D eigenvalue weighted by Crippen LogP contribution is 2.28. The van der Waals surface area contributed by atoms with Crippen molar-refractivity contribution in [3.8, 4) is 11.3 Å². The minimum absolute atomic E-state index is 0.796. The van der Waals surface area contributed by atoms with E-state index in [0.717, 1.165) is 17.1 Å². The van der Waals surface area contributed by atoms with Crippen LogP contribution in [0.1, 0.15) is 11.4 Å². The number of rotatable bonds is 1. The van der Waals surface area contributed by atoms with Crippen LogP contribution in [0.25, 0.3) is 22.2 Å². The second kappa shape index (κ2) is 3.70. The molecule has 1 aromatic carbocycles. The fourth-order valence-corrected chi connectivity index (χ4v) is 2.12. The molecule has 3 heteroatoms. The van der Waals surface area contributed by atoms with E-state index in [2.05, 4.69) is 40.1 Å². The van der Waals surface area contributed by atoms with E-state index in [1.165, 1.54) is 16.5 Å². The van der Waals surface area contributed by atoms with Crippen molar-refractivity contribution >= 4 is 10.9 Å². The van der Waals surface area contributed by atoms with Crippen LogP contribution in [0.15, 0.2) is 36.7 Å². The number of H-pyrrole nitrogens is 1. The van der Waals surface area contributed by atoms with Gasteiger partial charge in [-0.05, 0) is 25.5 Å². The molecule has 17 heavy (non-hydrogen) atoms. The van der Waals surface area contributed by atoms with Crippen LogP contribution in [-0.2, 0) is 0 Å². The first kappa shape index (κ1) is 10.0. The lowest BCUT2D eigenvalue weighted by Crippen LogP contribution is -1.88. The van der Waals surface area contributed by atoms with Crippen molar-refractivity contribution in [2.24, 2.45) is 0 Å². The molecule has 0 fully saturated rings. The number of aryl methyl sites for hydroxylation is 2. The average Bonchev–Trinajstić information content (AvgIpc) is 2.74. The Morgan fingerprint density at radius 2 is 2.00 bits per heavy atom. The van der Waals surface area contributed by atoms with Crippen LogP contribution in [0.5, 0.6) is 0 Å². The third-order valence-corrected chi connectivity index (χ3v) is 2.98. The quantitative estimate of drug-likeness (QED) is 0.688. The second-order valence-corrected chi connectivity index (χ2v) is 4.19. The summed E-state index contributed by atoms with van der Waals surface area (Å²) in [5.41, 5.74) is 4.53. The maximum atomic E-state index is 4.46. The molecule has 0 spiro atoms. The summed E-state index contributed by atoms with van der Waals surface area (Å²) in [6, 6.07) is 8.24. The van der Waals surface area contributed by atoms with Gasteiger partial charge in [-0.25, -0.2) is 9.97 Å². The van der Waals surface area contributed by atoms with Crippen molar-refractivity contribution in [2.45, 2.75) is 13.8 Å². The van der Waals surface area contributed by atoms with Crippen molar-refractivity contribution in [1.29, 1.82) is 0 Å². The van der Waals surface area contributed by atoms with Crippen molar-refractivity contribution in [3.05, 3.63) is 48.0 Å². The minimum Gasteiger partial charge on any atom is -0.360 e. The number of nitrogens with zero attached hydrogens (tertiary/aromatic N) is 2. The van der Waals surface area contributed by atoms with Crippen LogP contribution in [0.3, 0.4) is 0 Å². The third-order valence-electron chi connectivity index (χ3n) is 2.98. The van der Waals surface area contributed by atoms with Gasteiger partial charge in [-0.15, -0.1) is 0 Å². The summed E-state index contributed by atoms with van der Waals surface area (Å²) in [4.78, 5) is 11.9. The molecule has 0 radical (unpaired) electrons. The van der Waals surface area contributed by atoms with Gasteiger partial charge >= 0.3 is 0 Å². The smallest absolute Gasteiger partial charge is 0.125 e. The van der Waals surface area contributed by atoms with Crippen molar-refractivity contribution < 1.29 is 0 Å². The van der Waals surface area contributed by atoms with Crippen molar-refractivity contribution in [3.63, 3.8) is 0 Å². The lowest BCUT2D eigenvalue weighted by atomic mass is 10.1. The lowest BCUT2D eigenvalue weighted by molar-refractivity contribution is 1.06. The van der Waals surface area contributed by atoms with Gasteiger partial charge in [0.15, 0.2) is 0 Å². The highest BCUT2D eigenvalue weighted by molar-refractivity contribution is 5.96. The summed E-state index contributed by atoms with van der Waals surface area (Å²) in [6.45, 7) is 4.01. The molecular formula is C14H13N3. The zero-order valence-electron chi connectivity index (χ0n) is 9.86. The molecule has 0 aliphatic heterocycles. The van der Waals surface area contributed by atoms with E-state index in [-0.39, 0.29) is 0 Å². The monoisotopic (exact) mass is 223 g/mol. The molecule has 3 rings (SSSR count). The van der Waals surface area contributed by atoms with E-state index >= 15 is 0 Å². The largest absolute Gasteiger partial charge is 0.360 e. The fourth-order valence-electron chi connectivity index (χ4n) is 2.12. The predicted octanol–water partition coefficient (Wildman–Crippen LogP) is 3.24. The van der Waals surface area contributed by atoms with Crippen LogP contribution in [-0.4, -0.2) is 15.0 Å². The Kier molecular flexibility index (Phi) is 2.18. The van der Waals surface area contributed by atoms with Gasteiger partial charge in [-0.1, -0.05) is 18.2 Å². The number of para-hydroxylation sites is 1. The van der Waals surface area contributed by atoms with E-state index in [1.54, 1.807) is 6.20 Å². The van der Waals surface area contributed by atoms with Crippen LogP contribution in [0.4, 0.5) is 0 Å². The summed E-state index contributed by atoms with van der Waals surface area (Å²) in [7, 11) is 0. The number of aromatic nitrogens is 3. The first-order valence-electron chi connectivity index (χ1n) is 5.62. The van der Waals surface area contributed by atoms with Gasteiger partial charge in [0.2, 0.25) is 0 Å². The number of hydrogen-bond acceptors (Lipinski definition) is 2. The number of aromatic amines is 1. The Morgan fingerprint density at radius 3 is 2.82 bits per heavy atom. The van der Waals surface area contributed by atoms with Gasteiger partial charge in [-0.3, -0.25) is 0 Å². The van der Waals surface area contributed by atoms with Crippen LogP contribution in [0.2, 0.25) is 0 Å². The summed E-state index contributed by atoms with van der Waals surface area (Å²) in [5, 5.41) is 1.21. The molecule has 3 aromatic rings. The van der Waals surface area contributed by atoms with Crippen molar-refractivity contribution in [2.75, 3.05) is 0 Å². The summed E-state index contributed by atoms with van der Waals surface area (Å²) in [5.74, 6) is 0.796. The molecule has 84 valence electrons. The first-order valence-corrected chi connectivity index (χ1v) is 5.62. The maximum Gasteiger partial charge on any atom is 0.125 e. The van der Waals surface area contributed by atoms with Gasteiger partial charge in [0.25, 0.3) is 0 Å². The SMILES string of the molecule is Cc1nccc(-c2c[nH]c3c(C)cccc23)n1. The van der Waals surface area contributed by atoms with E-state index in [9.17, 15) is 0 Å². The van der Waals surface area contributed by atoms with Crippen LogP contribution >= 0.6 is 0 Å². The van der Waals surface area contributed by atoms with E-state index < -0.39 is 0 Å². The number of benzene rings is 1. The van der Waals surface area contributed by atoms with Gasteiger partial charge < -0.3 is 4.98 Å². The van der Waals surface area contributed by atoms with Gasteiger partial charge in [0, 0.05) is 28.9 Å². The summed E-state index contributed by atoms with van der Waals surface area (Å²) >= 11 is 0. The van der Waals surface area contributed by atoms with Gasteiger partial charge in [0.05, 0.1) is 5.69 Å². The van der Waals surface area contributed by atoms with Gasteiger partial charge in [-0.2, -0.15) is 0 Å². The van der Waals surface area contributed by atoms with Gasteiger partial charge in [0.1, 0.15) is 5.82 Å². The Hall–Kier alpha value is -2.16. The number of fused-ring (bicyclic) bond motifs is 1. The van der Waals surface area contributed by atoms with Crippen LogP contribution in [0, 0.1) is 13.8 Å². The lowest BCUT2D eigenvalue weighted by Gasteiger charge is -2.00. The predicted molar refractivity (Wildman–Crippen MR) is 68.8 cm³/mol. The molecule has 3 nitrogen and oxygen atoms in total. The molecule has 0 saturated carbocycles. The minimum atomic E-state index is 0.796. The molecule has 2 aromatic heterocycles. The zero-order chi connectivity index (χ0) is 11.8. The molecule has 0 unspecified atom stereocenters. The molecule has 2 heterocycles. The highest BCUT2D eigenvalue weighted by Gasteiger charge is 2.08. The molecule has 0 aliphatic carbocycles. The standard InChI is InChI=1S/C14H13N3/c1-9-4-3-5-11-12(8-16-14(9)11)13-6-7-15-10(2)17-13/h3-8,16H,1-2H3. The molecule has 0 amide bonds. The maximum absolute atomic E-state index is 4.46. The Bertz CT molecular complexity index is 683. The zero-order valence-corrected chi connectivity index (χ0v) is 9.86. The highest BCUT2D eigenvalue weighted by atomic mass is 14.9. The fraction of sp³-hybridized carbons (Fsp3) is 0.143.